The van der Waals surface area contributed by atoms with Crippen molar-refractivity contribution in [3.63, 3.8) is 0 Å². The lowest BCUT2D eigenvalue weighted by atomic mass is 9.84. The molecule has 1 unspecified atom stereocenters. The minimum atomic E-state index is -3.46. The predicted molar refractivity (Wildman–Crippen MR) is 108 cm³/mol. The minimum Gasteiger partial charge on any atom is -0.340 e. The number of piperazine rings is 1. The molecule has 1 amide bonds. The molecule has 3 rings (SSSR count). The van der Waals surface area contributed by atoms with Crippen LogP contribution in [-0.2, 0) is 14.8 Å². The highest BCUT2D eigenvalue weighted by atomic mass is 35.5. The molecule has 6 nitrogen and oxygen atoms in total. The maximum absolute atomic E-state index is 12.7. The van der Waals surface area contributed by atoms with E-state index in [1.54, 1.807) is 30.3 Å². The fourth-order valence-corrected chi connectivity index (χ4v) is 5.35. The SMILES string of the molecule is CC(CC(=O)N1CCN(S(=O)(=O)c2ccccc2)CC1)C1CCNCC1.Cl. The van der Waals surface area contributed by atoms with Gasteiger partial charge in [0.2, 0.25) is 15.9 Å². The van der Waals surface area contributed by atoms with Crippen LogP contribution in [0.3, 0.4) is 0 Å². The molecule has 2 aliphatic heterocycles. The summed E-state index contributed by atoms with van der Waals surface area (Å²) in [5.41, 5.74) is 0. The third-order valence-corrected chi connectivity index (χ3v) is 7.57. The Morgan fingerprint density at radius 1 is 1.11 bits per heavy atom. The van der Waals surface area contributed by atoms with Gasteiger partial charge in [0.15, 0.2) is 0 Å². The number of carbonyl (C=O) groups is 1. The molecule has 1 aromatic carbocycles. The Morgan fingerprint density at radius 3 is 2.30 bits per heavy atom. The van der Waals surface area contributed by atoms with Crippen molar-refractivity contribution in [2.75, 3.05) is 39.3 Å². The molecular weight excluding hydrogens is 386 g/mol. The van der Waals surface area contributed by atoms with Crippen LogP contribution in [0.25, 0.3) is 0 Å². The monoisotopic (exact) mass is 415 g/mol. The summed E-state index contributed by atoms with van der Waals surface area (Å²) in [7, 11) is -3.46. The van der Waals surface area contributed by atoms with E-state index in [4.69, 9.17) is 0 Å². The Kier molecular flexibility index (Phi) is 8.09. The van der Waals surface area contributed by atoms with Crippen molar-refractivity contribution in [1.29, 1.82) is 0 Å². The molecule has 0 saturated carbocycles. The van der Waals surface area contributed by atoms with Crippen LogP contribution in [-0.4, -0.2) is 62.8 Å². The topological polar surface area (TPSA) is 69.7 Å². The van der Waals surface area contributed by atoms with E-state index in [9.17, 15) is 13.2 Å². The molecule has 1 atom stereocenters. The molecule has 0 radical (unpaired) electrons. The van der Waals surface area contributed by atoms with Crippen molar-refractivity contribution in [2.45, 2.75) is 31.1 Å². The van der Waals surface area contributed by atoms with E-state index in [1.165, 1.54) is 4.31 Å². The van der Waals surface area contributed by atoms with Crippen LogP contribution in [0.15, 0.2) is 35.2 Å². The van der Waals surface area contributed by atoms with E-state index in [0.717, 1.165) is 25.9 Å². The van der Waals surface area contributed by atoms with Gasteiger partial charge in [-0.1, -0.05) is 25.1 Å². The standard InChI is InChI=1S/C19H29N3O3S.ClH/c1-16(17-7-9-20-10-8-17)15-19(23)21-11-13-22(14-12-21)26(24,25)18-5-3-2-4-6-18;/h2-6,16-17,20H,7-15H2,1H3;1H. The molecule has 152 valence electrons. The van der Waals surface area contributed by atoms with E-state index >= 15 is 0 Å². The Labute approximate surface area is 168 Å². The van der Waals surface area contributed by atoms with E-state index in [-0.39, 0.29) is 18.3 Å². The zero-order valence-electron chi connectivity index (χ0n) is 15.8. The van der Waals surface area contributed by atoms with Gasteiger partial charge in [-0.2, -0.15) is 4.31 Å². The molecular formula is C19H30ClN3O3S. The third kappa shape index (κ3) is 5.44. The van der Waals surface area contributed by atoms with E-state index in [2.05, 4.69) is 12.2 Å². The fraction of sp³-hybridized carbons (Fsp3) is 0.632. The van der Waals surface area contributed by atoms with Crippen LogP contribution in [0.1, 0.15) is 26.2 Å². The Bertz CT molecular complexity index is 700. The first-order valence-corrected chi connectivity index (χ1v) is 11.0. The lowest BCUT2D eigenvalue weighted by Crippen LogP contribution is -2.50. The summed E-state index contributed by atoms with van der Waals surface area (Å²) in [5.74, 6) is 1.16. The van der Waals surface area contributed by atoms with Gasteiger partial charge in [-0.05, 0) is 49.9 Å². The summed E-state index contributed by atoms with van der Waals surface area (Å²) in [6, 6.07) is 8.50. The van der Waals surface area contributed by atoms with Crippen molar-refractivity contribution >= 4 is 28.3 Å². The molecule has 0 aliphatic carbocycles. The van der Waals surface area contributed by atoms with Gasteiger partial charge in [-0.25, -0.2) is 8.42 Å². The highest BCUT2D eigenvalue weighted by molar-refractivity contribution is 7.89. The number of halogens is 1. The number of rotatable bonds is 5. The number of sulfonamides is 1. The van der Waals surface area contributed by atoms with Gasteiger partial charge in [0.1, 0.15) is 0 Å². The lowest BCUT2D eigenvalue weighted by Gasteiger charge is -2.35. The fourth-order valence-electron chi connectivity index (χ4n) is 3.90. The van der Waals surface area contributed by atoms with Gasteiger partial charge in [-0.15, -0.1) is 12.4 Å². The largest absolute Gasteiger partial charge is 0.340 e. The second-order valence-corrected chi connectivity index (χ2v) is 9.30. The molecule has 2 aliphatic rings. The number of hydrogen-bond donors (Lipinski definition) is 1. The number of nitrogens with zero attached hydrogens (tertiary/aromatic N) is 2. The highest BCUT2D eigenvalue weighted by Crippen LogP contribution is 2.25. The third-order valence-electron chi connectivity index (χ3n) is 5.66. The quantitative estimate of drug-likeness (QED) is 0.798. The number of benzene rings is 1. The Morgan fingerprint density at radius 2 is 1.70 bits per heavy atom. The van der Waals surface area contributed by atoms with Crippen molar-refractivity contribution in [3.05, 3.63) is 30.3 Å². The molecule has 2 fully saturated rings. The molecule has 2 heterocycles. The van der Waals surface area contributed by atoms with Crippen LogP contribution in [0.5, 0.6) is 0 Å². The van der Waals surface area contributed by atoms with E-state index in [1.807, 2.05) is 4.90 Å². The smallest absolute Gasteiger partial charge is 0.243 e. The summed E-state index contributed by atoms with van der Waals surface area (Å²) in [6.45, 7) is 5.94. The Hall–Kier alpha value is -1.15. The second-order valence-electron chi connectivity index (χ2n) is 7.37. The second kappa shape index (κ2) is 9.87. The number of nitrogens with one attached hydrogen (secondary N) is 1. The molecule has 1 N–H and O–H groups in total. The molecule has 27 heavy (non-hydrogen) atoms. The normalized spacial score (nSPS) is 20.7. The van der Waals surface area contributed by atoms with E-state index in [0.29, 0.717) is 49.3 Å². The molecule has 0 aromatic heterocycles. The van der Waals surface area contributed by atoms with Gasteiger partial charge < -0.3 is 10.2 Å². The van der Waals surface area contributed by atoms with Crippen LogP contribution >= 0.6 is 12.4 Å². The Balaban J connectivity index is 0.00000261. The first-order valence-electron chi connectivity index (χ1n) is 9.52. The molecule has 1 aromatic rings. The van der Waals surface area contributed by atoms with Crippen LogP contribution in [0.2, 0.25) is 0 Å². The average Bonchev–Trinajstić information content (AvgIpc) is 2.69. The first-order chi connectivity index (χ1) is 12.5. The summed E-state index contributed by atoms with van der Waals surface area (Å²) >= 11 is 0. The zero-order chi connectivity index (χ0) is 18.6. The number of hydrogen-bond acceptors (Lipinski definition) is 4. The van der Waals surface area contributed by atoms with Crippen molar-refractivity contribution in [3.8, 4) is 0 Å². The molecule has 0 spiro atoms. The van der Waals surface area contributed by atoms with Gasteiger partial charge in [0.25, 0.3) is 0 Å². The van der Waals surface area contributed by atoms with Crippen molar-refractivity contribution in [2.24, 2.45) is 11.8 Å². The summed E-state index contributed by atoms with van der Waals surface area (Å²) in [4.78, 5) is 14.8. The van der Waals surface area contributed by atoms with Gasteiger partial charge >= 0.3 is 0 Å². The minimum absolute atomic E-state index is 0. The molecule has 2 saturated heterocycles. The summed E-state index contributed by atoms with van der Waals surface area (Å²) in [6.07, 6.45) is 2.84. The first kappa shape index (κ1) is 22.1. The number of piperidine rings is 1. The lowest BCUT2D eigenvalue weighted by molar-refractivity contribution is -0.133. The zero-order valence-corrected chi connectivity index (χ0v) is 17.5. The molecule has 8 heteroatoms. The van der Waals surface area contributed by atoms with Crippen LogP contribution in [0.4, 0.5) is 0 Å². The summed E-state index contributed by atoms with van der Waals surface area (Å²) < 4.78 is 26.8. The van der Waals surface area contributed by atoms with Crippen LogP contribution in [0, 0.1) is 11.8 Å². The maximum Gasteiger partial charge on any atom is 0.243 e. The number of amides is 1. The van der Waals surface area contributed by atoms with Gasteiger partial charge in [0.05, 0.1) is 4.90 Å². The summed E-state index contributed by atoms with van der Waals surface area (Å²) in [5, 5.41) is 3.36. The predicted octanol–water partition coefficient (Wildman–Crippen LogP) is 1.97. The van der Waals surface area contributed by atoms with Crippen LogP contribution < -0.4 is 5.32 Å². The van der Waals surface area contributed by atoms with Crippen molar-refractivity contribution in [1.82, 2.24) is 14.5 Å². The highest BCUT2D eigenvalue weighted by Gasteiger charge is 2.31. The van der Waals surface area contributed by atoms with E-state index < -0.39 is 10.0 Å². The maximum atomic E-state index is 12.7. The van der Waals surface area contributed by atoms with Gasteiger partial charge in [0, 0.05) is 32.6 Å². The molecule has 0 bridgehead atoms. The number of carbonyl (C=O) groups excluding carboxylic acids is 1. The van der Waals surface area contributed by atoms with Gasteiger partial charge in [-0.3, -0.25) is 4.79 Å². The van der Waals surface area contributed by atoms with Crippen molar-refractivity contribution < 1.29 is 13.2 Å². The average molecular weight is 416 g/mol.